The first kappa shape index (κ1) is 18.0. The molecular formula is C17H11F4N3O. The summed E-state index contributed by atoms with van der Waals surface area (Å²) in [7, 11) is 0. The smallest absolute Gasteiger partial charge is 0.360 e. The number of carbonyl (C=O) groups excluding carboxylic acids is 1. The molecule has 25 heavy (non-hydrogen) atoms. The number of nitriles is 1. The molecule has 0 aromatic heterocycles. The minimum Gasteiger partial charge on any atom is -0.360 e. The minimum atomic E-state index is -4.58. The van der Waals surface area contributed by atoms with Gasteiger partial charge in [-0.1, -0.05) is 12.1 Å². The third-order valence-corrected chi connectivity index (χ3v) is 3.07. The quantitative estimate of drug-likeness (QED) is 0.491. The zero-order chi connectivity index (χ0) is 18.4. The van der Waals surface area contributed by atoms with Crippen molar-refractivity contribution in [3.63, 3.8) is 0 Å². The molecule has 2 rings (SSSR count). The predicted octanol–water partition coefficient (Wildman–Crippen LogP) is 4.30. The minimum absolute atomic E-state index is 0.239. The summed E-state index contributed by atoms with van der Waals surface area (Å²) in [5.74, 6) is -1.34. The van der Waals surface area contributed by atoms with Crippen LogP contribution in [0, 0.1) is 17.1 Å². The number of anilines is 2. The Balaban J connectivity index is 2.17. The first-order chi connectivity index (χ1) is 11.8. The van der Waals surface area contributed by atoms with Gasteiger partial charge in [0.2, 0.25) is 0 Å². The Morgan fingerprint density at radius 3 is 2.32 bits per heavy atom. The molecule has 0 aliphatic heterocycles. The second-order valence-corrected chi connectivity index (χ2v) is 4.82. The highest BCUT2D eigenvalue weighted by Crippen LogP contribution is 2.34. The normalized spacial score (nSPS) is 11.6. The van der Waals surface area contributed by atoms with Crippen LogP contribution in [0.3, 0.4) is 0 Å². The lowest BCUT2D eigenvalue weighted by Crippen LogP contribution is -2.15. The van der Waals surface area contributed by atoms with Crippen LogP contribution in [0.2, 0.25) is 0 Å². The lowest BCUT2D eigenvalue weighted by molar-refractivity contribution is -0.136. The number of carbonyl (C=O) groups is 1. The van der Waals surface area contributed by atoms with E-state index < -0.39 is 29.0 Å². The number of para-hydroxylation sites is 1. The first-order valence-corrected chi connectivity index (χ1v) is 6.91. The monoisotopic (exact) mass is 349 g/mol. The molecular weight excluding hydrogens is 338 g/mol. The number of hydrogen-bond acceptors (Lipinski definition) is 3. The molecule has 4 nitrogen and oxygen atoms in total. The van der Waals surface area contributed by atoms with Crippen molar-refractivity contribution in [1.82, 2.24) is 0 Å². The van der Waals surface area contributed by atoms with Gasteiger partial charge in [0.05, 0.1) is 11.3 Å². The molecule has 0 bridgehead atoms. The molecule has 0 unspecified atom stereocenters. The van der Waals surface area contributed by atoms with Crippen LogP contribution in [-0.2, 0) is 11.0 Å². The average Bonchev–Trinajstić information content (AvgIpc) is 2.57. The van der Waals surface area contributed by atoms with E-state index in [2.05, 4.69) is 10.6 Å². The van der Waals surface area contributed by atoms with E-state index in [9.17, 15) is 22.4 Å². The summed E-state index contributed by atoms with van der Waals surface area (Å²) in [6.07, 6.45) is -3.70. The summed E-state index contributed by atoms with van der Waals surface area (Å²) in [5, 5.41) is 13.7. The molecule has 0 spiro atoms. The van der Waals surface area contributed by atoms with E-state index in [0.717, 1.165) is 24.4 Å². The molecule has 0 saturated heterocycles. The van der Waals surface area contributed by atoms with Gasteiger partial charge in [-0.05, 0) is 36.4 Å². The van der Waals surface area contributed by atoms with Gasteiger partial charge in [0.1, 0.15) is 17.5 Å². The Morgan fingerprint density at radius 2 is 1.72 bits per heavy atom. The highest BCUT2D eigenvalue weighted by Gasteiger charge is 2.33. The van der Waals surface area contributed by atoms with Crippen molar-refractivity contribution in [1.29, 1.82) is 5.26 Å². The summed E-state index contributed by atoms with van der Waals surface area (Å²) in [5.41, 5.74) is -1.43. The largest absolute Gasteiger partial charge is 0.418 e. The van der Waals surface area contributed by atoms with E-state index >= 15 is 0 Å². The highest BCUT2D eigenvalue weighted by atomic mass is 19.4. The molecule has 1 amide bonds. The maximum Gasteiger partial charge on any atom is 0.418 e. The number of hydrogen-bond donors (Lipinski definition) is 2. The van der Waals surface area contributed by atoms with Gasteiger partial charge < -0.3 is 10.6 Å². The lowest BCUT2D eigenvalue weighted by Gasteiger charge is -2.12. The fraction of sp³-hybridized carbons (Fsp3) is 0.0588. The molecule has 0 aliphatic rings. The molecule has 0 radical (unpaired) electrons. The number of rotatable bonds is 4. The van der Waals surface area contributed by atoms with E-state index in [1.165, 1.54) is 30.3 Å². The van der Waals surface area contributed by atoms with Crippen LogP contribution >= 0.6 is 0 Å². The second kappa shape index (κ2) is 7.49. The van der Waals surface area contributed by atoms with Gasteiger partial charge >= 0.3 is 6.18 Å². The number of alkyl halides is 3. The van der Waals surface area contributed by atoms with Crippen molar-refractivity contribution in [2.45, 2.75) is 6.18 Å². The Labute approximate surface area is 140 Å². The van der Waals surface area contributed by atoms with E-state index in [1.807, 2.05) is 0 Å². The van der Waals surface area contributed by atoms with E-state index in [4.69, 9.17) is 5.26 Å². The van der Waals surface area contributed by atoms with Gasteiger partial charge in [-0.15, -0.1) is 0 Å². The van der Waals surface area contributed by atoms with Crippen LogP contribution in [0.25, 0.3) is 0 Å². The number of amides is 1. The highest BCUT2D eigenvalue weighted by molar-refractivity contribution is 6.06. The molecule has 2 N–H and O–H groups in total. The standard InChI is InChI=1S/C17H11F4N3O/c18-12-5-7-13(8-6-12)24-16(25)11(9-22)10-23-15-4-2-1-3-14(15)17(19,20)21/h1-8,10,23H,(H,24,25)/b11-10-. The molecule has 0 heterocycles. The van der Waals surface area contributed by atoms with E-state index in [-0.39, 0.29) is 11.4 Å². The fourth-order valence-corrected chi connectivity index (χ4v) is 1.89. The molecule has 8 heteroatoms. The Hall–Kier alpha value is -3.34. The van der Waals surface area contributed by atoms with Gasteiger partial charge in [-0.2, -0.15) is 18.4 Å². The summed E-state index contributed by atoms with van der Waals surface area (Å²) < 4.78 is 51.5. The zero-order valence-electron chi connectivity index (χ0n) is 12.6. The van der Waals surface area contributed by atoms with Gasteiger partial charge in [0, 0.05) is 11.9 Å². The third-order valence-electron chi connectivity index (χ3n) is 3.07. The van der Waals surface area contributed by atoms with Crippen molar-refractivity contribution < 1.29 is 22.4 Å². The lowest BCUT2D eigenvalue weighted by atomic mass is 10.1. The van der Waals surface area contributed by atoms with Gasteiger partial charge in [-0.3, -0.25) is 4.79 Å². The van der Waals surface area contributed by atoms with Gasteiger partial charge in [-0.25, -0.2) is 4.39 Å². The number of nitrogens with one attached hydrogen (secondary N) is 2. The number of benzene rings is 2. The summed E-state index contributed by atoms with van der Waals surface area (Å²) in [4.78, 5) is 12.0. The SMILES string of the molecule is N#C/C(=C/Nc1ccccc1C(F)(F)F)C(=O)Nc1ccc(F)cc1. The maximum absolute atomic E-state index is 12.9. The van der Waals surface area contributed by atoms with Gasteiger partial charge in [0.25, 0.3) is 5.91 Å². The van der Waals surface area contributed by atoms with Crippen molar-refractivity contribution in [3.8, 4) is 6.07 Å². The Kier molecular flexibility index (Phi) is 5.39. The molecule has 0 aliphatic carbocycles. The van der Waals surface area contributed by atoms with E-state index in [1.54, 1.807) is 6.07 Å². The van der Waals surface area contributed by atoms with Crippen LogP contribution in [0.4, 0.5) is 28.9 Å². The molecule has 2 aromatic carbocycles. The van der Waals surface area contributed by atoms with Crippen molar-refractivity contribution >= 4 is 17.3 Å². The maximum atomic E-state index is 12.9. The van der Waals surface area contributed by atoms with Crippen LogP contribution in [0.15, 0.2) is 60.3 Å². The molecule has 128 valence electrons. The van der Waals surface area contributed by atoms with Crippen molar-refractivity contribution in [3.05, 3.63) is 71.7 Å². The Bertz CT molecular complexity index is 836. The third kappa shape index (κ3) is 4.81. The Morgan fingerprint density at radius 1 is 1.08 bits per heavy atom. The molecule has 2 aromatic rings. The molecule has 0 fully saturated rings. The number of nitrogens with zero attached hydrogens (tertiary/aromatic N) is 1. The summed E-state index contributed by atoms with van der Waals surface area (Å²) in [6, 6.07) is 11.1. The zero-order valence-corrected chi connectivity index (χ0v) is 12.6. The second-order valence-electron chi connectivity index (χ2n) is 4.82. The number of halogens is 4. The van der Waals surface area contributed by atoms with Crippen LogP contribution in [-0.4, -0.2) is 5.91 Å². The van der Waals surface area contributed by atoms with Crippen LogP contribution in [0.1, 0.15) is 5.56 Å². The fourth-order valence-electron chi connectivity index (χ4n) is 1.89. The van der Waals surface area contributed by atoms with Crippen LogP contribution in [0.5, 0.6) is 0 Å². The molecule has 0 atom stereocenters. The van der Waals surface area contributed by atoms with Crippen molar-refractivity contribution in [2.75, 3.05) is 10.6 Å². The topological polar surface area (TPSA) is 64.9 Å². The summed E-state index contributed by atoms with van der Waals surface area (Å²) in [6.45, 7) is 0. The summed E-state index contributed by atoms with van der Waals surface area (Å²) >= 11 is 0. The average molecular weight is 349 g/mol. The predicted molar refractivity (Wildman–Crippen MR) is 83.8 cm³/mol. The first-order valence-electron chi connectivity index (χ1n) is 6.91. The van der Waals surface area contributed by atoms with Crippen molar-refractivity contribution in [2.24, 2.45) is 0 Å². The molecule has 0 saturated carbocycles. The van der Waals surface area contributed by atoms with Crippen LogP contribution < -0.4 is 10.6 Å². The van der Waals surface area contributed by atoms with E-state index in [0.29, 0.717) is 0 Å². The van der Waals surface area contributed by atoms with Gasteiger partial charge in [0.15, 0.2) is 0 Å².